The molecule has 0 fully saturated rings. The lowest BCUT2D eigenvalue weighted by molar-refractivity contribution is 0.0936. The van der Waals surface area contributed by atoms with Crippen LogP contribution in [0, 0.1) is 13.8 Å². The molecule has 1 unspecified atom stereocenters. The minimum absolute atomic E-state index is 0.00811. The second-order valence-electron chi connectivity index (χ2n) is 5.64. The number of carbonyl (C=O) groups is 1. The molecule has 1 amide bonds. The number of aryl methyl sites for hydroxylation is 1. The fourth-order valence-corrected chi connectivity index (χ4v) is 4.01. The standard InChI is InChI=1S/C18H16N2OS/c1-10-11(2)22-18-15(10)17(21)19-16(20-18)14-8-7-12-5-3-4-6-13(12)9-14/h3-9,16,20H,1-2H3,(H,19,21). The van der Waals surface area contributed by atoms with Gasteiger partial charge in [-0.15, -0.1) is 11.3 Å². The Morgan fingerprint density at radius 1 is 1.00 bits per heavy atom. The van der Waals surface area contributed by atoms with Gasteiger partial charge >= 0.3 is 0 Å². The Labute approximate surface area is 133 Å². The number of hydrogen-bond acceptors (Lipinski definition) is 3. The van der Waals surface area contributed by atoms with E-state index in [1.165, 1.54) is 15.6 Å². The average molecular weight is 308 g/mol. The Balaban J connectivity index is 1.75. The molecule has 2 aromatic carbocycles. The number of anilines is 1. The van der Waals surface area contributed by atoms with Crippen molar-refractivity contribution >= 4 is 33.0 Å². The average Bonchev–Trinajstić information content (AvgIpc) is 2.82. The van der Waals surface area contributed by atoms with Crippen LogP contribution in [0.2, 0.25) is 0 Å². The number of benzene rings is 2. The van der Waals surface area contributed by atoms with Gasteiger partial charge in [0.15, 0.2) is 0 Å². The molecule has 1 aromatic heterocycles. The van der Waals surface area contributed by atoms with Gasteiger partial charge in [-0.05, 0) is 41.8 Å². The topological polar surface area (TPSA) is 41.1 Å². The minimum atomic E-state index is -0.179. The van der Waals surface area contributed by atoms with Crippen LogP contribution in [0.25, 0.3) is 10.8 Å². The van der Waals surface area contributed by atoms with Crippen LogP contribution in [0.1, 0.15) is 32.5 Å². The van der Waals surface area contributed by atoms with E-state index in [0.717, 1.165) is 21.7 Å². The van der Waals surface area contributed by atoms with Crippen LogP contribution < -0.4 is 10.6 Å². The second kappa shape index (κ2) is 4.85. The summed E-state index contributed by atoms with van der Waals surface area (Å²) in [6.45, 7) is 4.06. The largest absolute Gasteiger partial charge is 0.353 e. The van der Waals surface area contributed by atoms with E-state index >= 15 is 0 Å². The van der Waals surface area contributed by atoms with Crippen molar-refractivity contribution in [1.29, 1.82) is 0 Å². The van der Waals surface area contributed by atoms with Crippen molar-refractivity contribution in [2.75, 3.05) is 5.32 Å². The predicted octanol–water partition coefficient (Wildman–Crippen LogP) is 4.37. The summed E-state index contributed by atoms with van der Waals surface area (Å²) in [5, 5.41) is 9.88. The van der Waals surface area contributed by atoms with Gasteiger partial charge in [-0.3, -0.25) is 4.79 Å². The highest BCUT2D eigenvalue weighted by atomic mass is 32.1. The Kier molecular flexibility index (Phi) is 2.94. The Morgan fingerprint density at radius 2 is 1.77 bits per heavy atom. The van der Waals surface area contributed by atoms with Crippen LogP contribution in [0.4, 0.5) is 5.00 Å². The summed E-state index contributed by atoms with van der Waals surface area (Å²) in [4.78, 5) is 13.6. The van der Waals surface area contributed by atoms with Gasteiger partial charge < -0.3 is 10.6 Å². The lowest BCUT2D eigenvalue weighted by Gasteiger charge is -2.26. The molecule has 1 aliphatic rings. The molecular formula is C18H16N2OS. The fourth-order valence-electron chi connectivity index (χ4n) is 2.93. The summed E-state index contributed by atoms with van der Waals surface area (Å²) in [5.41, 5.74) is 2.93. The molecular weight excluding hydrogens is 292 g/mol. The number of thiophene rings is 1. The molecule has 0 spiro atoms. The molecule has 4 heteroatoms. The highest BCUT2D eigenvalue weighted by Crippen LogP contribution is 2.37. The van der Waals surface area contributed by atoms with E-state index in [0.29, 0.717) is 0 Å². The van der Waals surface area contributed by atoms with Gasteiger partial charge in [0.2, 0.25) is 0 Å². The molecule has 2 heterocycles. The molecule has 0 bridgehead atoms. The molecule has 4 rings (SSSR count). The van der Waals surface area contributed by atoms with E-state index < -0.39 is 0 Å². The zero-order chi connectivity index (χ0) is 15.3. The van der Waals surface area contributed by atoms with Crippen molar-refractivity contribution in [1.82, 2.24) is 5.32 Å². The van der Waals surface area contributed by atoms with Gasteiger partial charge in [0.25, 0.3) is 5.91 Å². The number of carbonyl (C=O) groups excluding carboxylic acids is 1. The molecule has 2 N–H and O–H groups in total. The highest BCUT2D eigenvalue weighted by molar-refractivity contribution is 7.16. The predicted molar refractivity (Wildman–Crippen MR) is 91.6 cm³/mol. The SMILES string of the molecule is Cc1sc2c(c1C)C(=O)NC(c1ccc3ccccc3c1)N2. The molecule has 1 aliphatic heterocycles. The van der Waals surface area contributed by atoms with Gasteiger partial charge in [-0.1, -0.05) is 36.4 Å². The van der Waals surface area contributed by atoms with Crippen LogP contribution in [0.3, 0.4) is 0 Å². The quantitative estimate of drug-likeness (QED) is 0.701. The van der Waals surface area contributed by atoms with Crippen molar-refractivity contribution in [2.24, 2.45) is 0 Å². The zero-order valence-electron chi connectivity index (χ0n) is 12.4. The van der Waals surface area contributed by atoms with Crippen molar-refractivity contribution < 1.29 is 4.79 Å². The van der Waals surface area contributed by atoms with E-state index in [2.05, 4.69) is 47.9 Å². The molecule has 110 valence electrons. The maximum absolute atomic E-state index is 12.4. The Hall–Kier alpha value is -2.33. The summed E-state index contributed by atoms with van der Waals surface area (Å²) in [6, 6.07) is 14.5. The van der Waals surface area contributed by atoms with Crippen molar-refractivity contribution in [2.45, 2.75) is 20.0 Å². The number of fused-ring (bicyclic) bond motifs is 2. The van der Waals surface area contributed by atoms with E-state index in [1.807, 2.05) is 19.1 Å². The first-order valence-corrected chi connectivity index (χ1v) is 8.11. The van der Waals surface area contributed by atoms with Crippen LogP contribution in [-0.4, -0.2) is 5.91 Å². The van der Waals surface area contributed by atoms with Gasteiger partial charge in [0.05, 0.1) is 5.56 Å². The van der Waals surface area contributed by atoms with Crippen LogP contribution in [0.15, 0.2) is 42.5 Å². The van der Waals surface area contributed by atoms with Crippen molar-refractivity contribution in [3.05, 3.63) is 64.0 Å². The molecule has 0 radical (unpaired) electrons. The van der Waals surface area contributed by atoms with Crippen LogP contribution in [-0.2, 0) is 0 Å². The first-order chi connectivity index (χ1) is 10.6. The third-order valence-electron chi connectivity index (χ3n) is 4.27. The van der Waals surface area contributed by atoms with Gasteiger partial charge in [0.1, 0.15) is 11.2 Å². The summed E-state index contributed by atoms with van der Waals surface area (Å²) in [5.74, 6) is 0.00811. The zero-order valence-corrected chi connectivity index (χ0v) is 13.3. The summed E-state index contributed by atoms with van der Waals surface area (Å²) in [7, 11) is 0. The number of amides is 1. The fraction of sp³-hybridized carbons (Fsp3) is 0.167. The first kappa shape index (κ1) is 13.3. The van der Waals surface area contributed by atoms with Gasteiger partial charge in [-0.2, -0.15) is 0 Å². The van der Waals surface area contributed by atoms with Crippen LogP contribution in [0.5, 0.6) is 0 Å². The smallest absolute Gasteiger partial charge is 0.256 e. The van der Waals surface area contributed by atoms with E-state index in [1.54, 1.807) is 11.3 Å². The maximum atomic E-state index is 12.4. The van der Waals surface area contributed by atoms with E-state index in [9.17, 15) is 4.79 Å². The number of rotatable bonds is 1. The Bertz CT molecular complexity index is 897. The molecule has 0 saturated carbocycles. The number of hydrogen-bond donors (Lipinski definition) is 2. The summed E-state index contributed by atoms with van der Waals surface area (Å²) in [6.07, 6.45) is -0.179. The Morgan fingerprint density at radius 3 is 2.59 bits per heavy atom. The summed E-state index contributed by atoms with van der Waals surface area (Å²) >= 11 is 1.65. The lowest BCUT2D eigenvalue weighted by Crippen LogP contribution is -2.38. The van der Waals surface area contributed by atoms with Gasteiger partial charge in [0, 0.05) is 4.88 Å². The molecule has 0 aliphatic carbocycles. The van der Waals surface area contributed by atoms with E-state index in [-0.39, 0.29) is 12.1 Å². The van der Waals surface area contributed by atoms with E-state index in [4.69, 9.17) is 0 Å². The second-order valence-corrected chi connectivity index (χ2v) is 6.87. The lowest BCUT2D eigenvalue weighted by atomic mass is 10.0. The van der Waals surface area contributed by atoms with Gasteiger partial charge in [-0.25, -0.2) is 0 Å². The maximum Gasteiger partial charge on any atom is 0.256 e. The molecule has 3 aromatic rings. The normalized spacial score (nSPS) is 17.0. The van der Waals surface area contributed by atoms with Crippen molar-refractivity contribution in [3.63, 3.8) is 0 Å². The monoisotopic (exact) mass is 308 g/mol. The first-order valence-electron chi connectivity index (χ1n) is 7.29. The van der Waals surface area contributed by atoms with Crippen LogP contribution >= 0.6 is 11.3 Å². The molecule has 3 nitrogen and oxygen atoms in total. The van der Waals surface area contributed by atoms with Crippen molar-refractivity contribution in [3.8, 4) is 0 Å². The molecule has 22 heavy (non-hydrogen) atoms. The third-order valence-corrected chi connectivity index (χ3v) is 5.41. The highest BCUT2D eigenvalue weighted by Gasteiger charge is 2.28. The number of nitrogens with one attached hydrogen (secondary N) is 2. The summed E-state index contributed by atoms with van der Waals surface area (Å²) < 4.78 is 0. The molecule has 1 atom stereocenters. The third kappa shape index (κ3) is 1.99. The minimum Gasteiger partial charge on any atom is -0.353 e. The molecule has 0 saturated heterocycles.